The van der Waals surface area contributed by atoms with Gasteiger partial charge in [-0.05, 0) is 76.3 Å². The quantitative estimate of drug-likeness (QED) is 0.482. The molecule has 126 valence electrons. The summed E-state index contributed by atoms with van der Waals surface area (Å²) in [6.07, 6.45) is 3.90. The van der Waals surface area contributed by atoms with Crippen molar-refractivity contribution < 1.29 is 5.11 Å². The molecule has 2 nitrogen and oxygen atoms in total. The molecule has 0 aliphatic heterocycles. The molecule has 1 N–H and O–H groups in total. The Morgan fingerprint density at radius 2 is 1.80 bits per heavy atom. The van der Waals surface area contributed by atoms with E-state index >= 15 is 0 Å². The summed E-state index contributed by atoms with van der Waals surface area (Å²) in [6.45, 7) is 3.78. The summed E-state index contributed by atoms with van der Waals surface area (Å²) in [5, 5.41) is 13.6. The fourth-order valence-electron chi connectivity index (χ4n) is 3.61. The van der Waals surface area contributed by atoms with Gasteiger partial charge in [-0.2, -0.15) is 0 Å². The average Bonchev–Trinajstić information content (AvgIpc) is 3.05. The van der Waals surface area contributed by atoms with Gasteiger partial charge in [-0.3, -0.25) is 4.99 Å². The Hall–Kier alpha value is -1.84. The molecule has 0 aromatic heterocycles. The first kappa shape index (κ1) is 16.6. The number of hydrogen-bond donors (Lipinski definition) is 1. The lowest BCUT2D eigenvalue weighted by Gasteiger charge is -2.12. The molecule has 25 heavy (non-hydrogen) atoms. The third-order valence-electron chi connectivity index (χ3n) is 5.04. The molecule has 0 amide bonds. The molecule has 3 aromatic carbocycles. The van der Waals surface area contributed by atoms with Crippen LogP contribution in [-0.4, -0.2) is 11.3 Å². The first-order valence-corrected chi connectivity index (χ1v) is 9.40. The number of benzene rings is 3. The van der Waals surface area contributed by atoms with Crippen molar-refractivity contribution in [2.45, 2.75) is 26.7 Å². The summed E-state index contributed by atoms with van der Waals surface area (Å²) in [6, 6.07) is 10.6. The van der Waals surface area contributed by atoms with Crippen LogP contribution in [0.5, 0.6) is 5.75 Å². The Morgan fingerprint density at radius 1 is 1.08 bits per heavy atom. The second kappa shape index (κ2) is 6.15. The van der Waals surface area contributed by atoms with Gasteiger partial charge in [0.15, 0.2) is 0 Å². The fraction of sp³-hybridized carbons (Fsp3) is 0.190. The van der Waals surface area contributed by atoms with Crippen molar-refractivity contribution in [2.75, 3.05) is 0 Å². The maximum atomic E-state index is 10.5. The minimum Gasteiger partial charge on any atom is -0.506 e. The molecule has 0 heterocycles. The zero-order valence-electron chi connectivity index (χ0n) is 14.0. The smallest absolute Gasteiger partial charge is 0.139 e. The van der Waals surface area contributed by atoms with Gasteiger partial charge in [-0.15, -0.1) is 0 Å². The minimum atomic E-state index is 0.175. The molecule has 4 heteroatoms. The Bertz CT molecular complexity index is 1020. The first-order valence-electron chi connectivity index (χ1n) is 8.23. The highest BCUT2D eigenvalue weighted by Crippen LogP contribution is 2.39. The summed E-state index contributed by atoms with van der Waals surface area (Å²) in [5.41, 5.74) is 6.00. The zero-order valence-corrected chi connectivity index (χ0v) is 16.4. The van der Waals surface area contributed by atoms with Gasteiger partial charge < -0.3 is 5.11 Å². The van der Waals surface area contributed by atoms with E-state index < -0.39 is 0 Å². The molecule has 0 atom stereocenters. The molecule has 0 spiro atoms. The third-order valence-corrected chi connectivity index (χ3v) is 6.58. The van der Waals surface area contributed by atoms with E-state index in [1.165, 1.54) is 16.5 Å². The van der Waals surface area contributed by atoms with Crippen LogP contribution < -0.4 is 0 Å². The number of aromatic hydroxyl groups is 1. The molecule has 0 saturated carbocycles. The highest BCUT2D eigenvalue weighted by molar-refractivity contribution is 9.10. The van der Waals surface area contributed by atoms with Crippen LogP contribution in [0, 0.1) is 13.8 Å². The Kier molecular flexibility index (Phi) is 4.09. The highest BCUT2D eigenvalue weighted by Gasteiger charge is 2.17. The van der Waals surface area contributed by atoms with E-state index in [2.05, 4.69) is 51.3 Å². The van der Waals surface area contributed by atoms with E-state index in [-0.39, 0.29) is 5.75 Å². The molecule has 0 unspecified atom stereocenters. The van der Waals surface area contributed by atoms with Crippen LogP contribution in [0.15, 0.2) is 39.8 Å². The number of aryl methyl sites for hydroxylation is 2. The first-order chi connectivity index (χ1) is 12.0. The van der Waals surface area contributed by atoms with E-state index in [9.17, 15) is 5.11 Å². The summed E-state index contributed by atoms with van der Waals surface area (Å²) >= 11 is 9.80. The highest BCUT2D eigenvalue weighted by atomic mass is 79.9. The summed E-state index contributed by atoms with van der Waals surface area (Å²) in [7, 11) is 0. The maximum absolute atomic E-state index is 10.5. The van der Waals surface area contributed by atoms with E-state index in [0.29, 0.717) is 15.1 Å². The van der Waals surface area contributed by atoms with Gasteiger partial charge in [0.05, 0.1) is 10.2 Å². The number of phenols is 1. The number of aliphatic imine (C=N–C) groups is 1. The summed E-state index contributed by atoms with van der Waals surface area (Å²) in [5.74, 6) is 0.175. The summed E-state index contributed by atoms with van der Waals surface area (Å²) < 4.78 is 0.616. The van der Waals surface area contributed by atoms with Gasteiger partial charge in [-0.1, -0.05) is 35.9 Å². The molecule has 0 radical (unpaired) electrons. The molecule has 4 rings (SSSR count). The van der Waals surface area contributed by atoms with Crippen molar-refractivity contribution in [1.82, 2.24) is 0 Å². The van der Waals surface area contributed by atoms with Crippen LogP contribution in [0.3, 0.4) is 0 Å². The van der Waals surface area contributed by atoms with E-state index in [4.69, 9.17) is 11.6 Å². The van der Waals surface area contributed by atoms with E-state index in [1.807, 2.05) is 13.8 Å². The zero-order chi connectivity index (χ0) is 17.7. The van der Waals surface area contributed by atoms with Gasteiger partial charge >= 0.3 is 0 Å². The minimum absolute atomic E-state index is 0.175. The van der Waals surface area contributed by atoms with Gasteiger partial charge in [-0.25, -0.2) is 0 Å². The van der Waals surface area contributed by atoms with Crippen molar-refractivity contribution in [3.63, 3.8) is 0 Å². The molecular weight excluding hydrogens is 398 g/mol. The predicted octanol–water partition coefficient (Wildman–Crippen LogP) is 6.43. The Morgan fingerprint density at radius 3 is 2.56 bits per heavy atom. The molecule has 3 aromatic rings. The predicted molar refractivity (Wildman–Crippen MR) is 109 cm³/mol. The van der Waals surface area contributed by atoms with Gasteiger partial charge in [0.25, 0.3) is 0 Å². The van der Waals surface area contributed by atoms with Gasteiger partial charge in [0.1, 0.15) is 5.75 Å². The second-order valence-corrected chi connectivity index (χ2v) is 7.65. The van der Waals surface area contributed by atoms with Gasteiger partial charge in [0.2, 0.25) is 0 Å². The summed E-state index contributed by atoms with van der Waals surface area (Å²) in [4.78, 5) is 4.68. The average molecular weight is 415 g/mol. The van der Waals surface area contributed by atoms with Crippen LogP contribution >= 0.6 is 27.5 Å². The molecule has 0 fully saturated rings. The van der Waals surface area contributed by atoms with Crippen LogP contribution in [0.4, 0.5) is 5.69 Å². The van der Waals surface area contributed by atoms with Crippen molar-refractivity contribution in [2.24, 2.45) is 4.99 Å². The Balaban J connectivity index is 1.87. The fourth-order valence-corrected chi connectivity index (χ4v) is 4.33. The van der Waals surface area contributed by atoms with Crippen molar-refractivity contribution >= 4 is 50.2 Å². The van der Waals surface area contributed by atoms with Crippen LogP contribution in [0.25, 0.3) is 10.8 Å². The van der Waals surface area contributed by atoms with E-state index in [1.54, 1.807) is 6.21 Å². The molecule has 0 saturated heterocycles. The number of nitrogens with zero attached hydrogens (tertiary/aromatic N) is 1. The number of rotatable bonds is 2. The van der Waals surface area contributed by atoms with Crippen molar-refractivity contribution in [1.29, 1.82) is 0 Å². The van der Waals surface area contributed by atoms with E-state index in [0.717, 1.165) is 35.0 Å². The molecule has 1 aliphatic carbocycles. The monoisotopic (exact) mass is 413 g/mol. The lowest BCUT2D eigenvalue weighted by atomic mass is 10.0. The SMILES string of the molecule is Cc1c(Cl)c(C)c(C=Nc2ccc3c4c(cccc24)CC3)c(O)c1Br. The number of phenolic OH excluding ortho intramolecular Hbond substituents is 1. The third kappa shape index (κ3) is 2.57. The number of hydrogen-bond acceptors (Lipinski definition) is 2. The van der Waals surface area contributed by atoms with Crippen LogP contribution in [-0.2, 0) is 12.8 Å². The van der Waals surface area contributed by atoms with Crippen molar-refractivity contribution in [3.05, 3.63) is 67.6 Å². The van der Waals surface area contributed by atoms with Gasteiger partial charge in [0, 0.05) is 22.2 Å². The standard InChI is InChI=1S/C21H17BrClNO/c1-11-16(21(25)19(22)12(2)20(11)23)10-24-17-9-8-14-7-6-13-4-3-5-15(17)18(13)14/h3-5,8-10,25H,6-7H2,1-2H3. The molecular formula is C21H17BrClNO. The molecule has 1 aliphatic rings. The number of halogens is 2. The maximum Gasteiger partial charge on any atom is 0.139 e. The largest absolute Gasteiger partial charge is 0.506 e. The molecule has 0 bridgehead atoms. The van der Waals surface area contributed by atoms with Crippen LogP contribution in [0.2, 0.25) is 5.02 Å². The topological polar surface area (TPSA) is 32.6 Å². The van der Waals surface area contributed by atoms with Crippen molar-refractivity contribution in [3.8, 4) is 5.75 Å². The van der Waals surface area contributed by atoms with Crippen LogP contribution in [0.1, 0.15) is 27.8 Å². The lowest BCUT2D eigenvalue weighted by molar-refractivity contribution is 0.470. The lowest BCUT2D eigenvalue weighted by Crippen LogP contribution is -1.94. The second-order valence-electron chi connectivity index (χ2n) is 6.48. The Labute approximate surface area is 160 Å². The normalized spacial score (nSPS) is 13.3.